The van der Waals surface area contributed by atoms with E-state index in [9.17, 15) is 4.79 Å². The van der Waals surface area contributed by atoms with Gasteiger partial charge in [-0.2, -0.15) is 0 Å². The van der Waals surface area contributed by atoms with Crippen LogP contribution in [0.3, 0.4) is 0 Å². The molecule has 1 atom stereocenters. The topological polar surface area (TPSA) is 72.7 Å². The second kappa shape index (κ2) is 11.1. The van der Waals surface area contributed by atoms with E-state index in [1.54, 1.807) is 5.38 Å². The van der Waals surface area contributed by atoms with E-state index in [2.05, 4.69) is 34.3 Å². The predicted octanol–water partition coefficient (Wildman–Crippen LogP) is 7.07. The molecule has 6 nitrogen and oxygen atoms in total. The zero-order valence-corrected chi connectivity index (χ0v) is 22.9. The lowest BCUT2D eigenvalue weighted by Crippen LogP contribution is -2.36. The van der Waals surface area contributed by atoms with Crippen LogP contribution in [0.4, 0.5) is 0 Å². The molecule has 0 saturated heterocycles. The van der Waals surface area contributed by atoms with Crippen LogP contribution >= 0.6 is 46.3 Å². The lowest BCUT2D eigenvalue weighted by atomic mass is 10.1. The fourth-order valence-corrected chi connectivity index (χ4v) is 5.40. The number of carbonyl (C=O) groups excluding carboxylic acids is 1. The maximum absolute atomic E-state index is 12.5. The fraction of sp³-hybridized carbons (Fsp3) is 0.280. The zero-order chi connectivity index (χ0) is 25.1. The van der Waals surface area contributed by atoms with Crippen molar-refractivity contribution in [2.75, 3.05) is 0 Å². The highest BCUT2D eigenvalue weighted by molar-refractivity contribution is 7.98. The molecule has 1 amide bonds. The smallest absolute Gasteiger partial charge is 0.270 e. The average molecular weight is 547 g/mol. The number of rotatable bonds is 8. The van der Waals surface area contributed by atoms with Crippen molar-refractivity contribution in [1.29, 1.82) is 0 Å². The summed E-state index contributed by atoms with van der Waals surface area (Å²) in [6.45, 7) is 8.15. The molecule has 182 valence electrons. The number of thioether (sulfide) groups is 1. The Hall–Kier alpha value is -2.39. The summed E-state index contributed by atoms with van der Waals surface area (Å²) in [6, 6.07) is 13.3. The lowest BCUT2D eigenvalue weighted by Gasteiger charge is -2.16. The second-order valence-electron chi connectivity index (χ2n) is 8.47. The molecule has 2 aromatic carbocycles. The Morgan fingerprint density at radius 1 is 1.14 bits per heavy atom. The van der Waals surface area contributed by atoms with Gasteiger partial charge in [-0.05, 0) is 49.6 Å². The summed E-state index contributed by atoms with van der Waals surface area (Å²) in [7, 11) is 0. The first kappa shape index (κ1) is 25.7. The van der Waals surface area contributed by atoms with Crippen molar-refractivity contribution in [3.63, 3.8) is 0 Å². The Morgan fingerprint density at radius 3 is 2.66 bits per heavy atom. The molecule has 0 aliphatic heterocycles. The molecular weight excluding hydrogens is 521 g/mol. The van der Waals surface area contributed by atoms with Crippen molar-refractivity contribution in [2.45, 2.75) is 44.6 Å². The standard InChI is InChI=1S/C25H25Cl2N5OS2/c1-14(2)16(4)28-24(33)20-12-34-22(29-20)13-35-25-31-30-23(18-7-5-6-8-19(18)27)32(25)21-11-17(26)10-9-15(21)3/h5-12,14,16H,13H2,1-4H3,(H,28,33). The number of nitrogens with one attached hydrogen (secondary N) is 1. The first-order valence-corrected chi connectivity index (χ1v) is 13.7. The number of hydrogen-bond acceptors (Lipinski definition) is 6. The number of carbonyl (C=O) groups is 1. The summed E-state index contributed by atoms with van der Waals surface area (Å²) in [4.78, 5) is 17.1. The molecule has 4 rings (SSSR count). The molecule has 0 spiro atoms. The number of halogens is 2. The molecule has 0 saturated carbocycles. The van der Waals surface area contributed by atoms with Gasteiger partial charge in [0.05, 0.1) is 16.5 Å². The van der Waals surface area contributed by atoms with Crippen LogP contribution in [-0.2, 0) is 5.75 Å². The third-order valence-corrected chi connectivity index (χ3v) is 8.16. The van der Waals surface area contributed by atoms with E-state index in [4.69, 9.17) is 23.2 Å². The Bertz CT molecular complexity index is 1350. The van der Waals surface area contributed by atoms with Crippen LogP contribution < -0.4 is 5.32 Å². The summed E-state index contributed by atoms with van der Waals surface area (Å²) >= 11 is 15.8. The molecule has 0 aliphatic carbocycles. The minimum absolute atomic E-state index is 0.0738. The molecule has 1 N–H and O–H groups in total. The van der Waals surface area contributed by atoms with E-state index in [-0.39, 0.29) is 11.9 Å². The van der Waals surface area contributed by atoms with Crippen LogP contribution in [0.25, 0.3) is 17.1 Å². The highest BCUT2D eigenvalue weighted by atomic mass is 35.5. The summed E-state index contributed by atoms with van der Waals surface area (Å²) < 4.78 is 1.97. The Labute approximate surface area is 223 Å². The number of amides is 1. The van der Waals surface area contributed by atoms with E-state index >= 15 is 0 Å². The van der Waals surface area contributed by atoms with Gasteiger partial charge in [-0.15, -0.1) is 21.5 Å². The molecule has 35 heavy (non-hydrogen) atoms. The molecular formula is C25H25Cl2N5OS2. The normalized spacial score (nSPS) is 12.2. The Morgan fingerprint density at radius 2 is 1.91 bits per heavy atom. The molecule has 10 heteroatoms. The van der Waals surface area contributed by atoms with E-state index in [0.717, 1.165) is 21.8 Å². The monoisotopic (exact) mass is 545 g/mol. The molecule has 4 aromatic rings. The van der Waals surface area contributed by atoms with Gasteiger partial charge >= 0.3 is 0 Å². The lowest BCUT2D eigenvalue weighted by molar-refractivity contribution is 0.0926. The molecule has 0 aliphatic rings. The third kappa shape index (κ3) is 5.89. The van der Waals surface area contributed by atoms with Gasteiger partial charge < -0.3 is 5.32 Å². The number of nitrogens with zero attached hydrogens (tertiary/aromatic N) is 4. The maximum Gasteiger partial charge on any atom is 0.270 e. The van der Waals surface area contributed by atoms with Crippen molar-refractivity contribution < 1.29 is 4.79 Å². The summed E-state index contributed by atoms with van der Waals surface area (Å²) in [5.41, 5.74) is 3.11. The second-order valence-corrected chi connectivity index (χ2v) is 11.2. The van der Waals surface area contributed by atoms with Crippen molar-refractivity contribution in [3.8, 4) is 17.1 Å². The quantitative estimate of drug-likeness (QED) is 0.239. The Balaban J connectivity index is 1.63. The van der Waals surface area contributed by atoms with Crippen LogP contribution in [0.2, 0.25) is 10.0 Å². The first-order valence-electron chi connectivity index (χ1n) is 11.1. The number of thiazole rings is 1. The predicted molar refractivity (Wildman–Crippen MR) is 145 cm³/mol. The van der Waals surface area contributed by atoms with Crippen LogP contribution in [0.15, 0.2) is 53.0 Å². The highest BCUT2D eigenvalue weighted by Gasteiger charge is 2.21. The van der Waals surface area contributed by atoms with E-state index in [1.807, 2.05) is 60.9 Å². The van der Waals surface area contributed by atoms with Gasteiger partial charge in [-0.25, -0.2) is 4.98 Å². The molecule has 2 heterocycles. The van der Waals surface area contributed by atoms with Gasteiger partial charge in [-0.1, -0.05) is 67.0 Å². The molecule has 2 aromatic heterocycles. The van der Waals surface area contributed by atoms with Crippen molar-refractivity contribution in [1.82, 2.24) is 25.1 Å². The van der Waals surface area contributed by atoms with Crippen LogP contribution in [0, 0.1) is 12.8 Å². The van der Waals surface area contributed by atoms with Crippen molar-refractivity contribution >= 4 is 52.2 Å². The van der Waals surface area contributed by atoms with Crippen LogP contribution in [-0.4, -0.2) is 31.7 Å². The minimum atomic E-state index is -0.155. The van der Waals surface area contributed by atoms with E-state index < -0.39 is 0 Å². The fourth-order valence-electron chi connectivity index (χ4n) is 3.28. The van der Waals surface area contributed by atoms with E-state index in [1.165, 1.54) is 23.1 Å². The van der Waals surface area contributed by atoms with Gasteiger partial charge in [-0.3, -0.25) is 9.36 Å². The van der Waals surface area contributed by atoms with Gasteiger partial charge in [0.1, 0.15) is 10.7 Å². The van der Waals surface area contributed by atoms with Crippen molar-refractivity contribution in [3.05, 3.63) is 74.2 Å². The Kier molecular flexibility index (Phi) is 8.16. The van der Waals surface area contributed by atoms with Gasteiger partial charge in [0.25, 0.3) is 5.91 Å². The van der Waals surface area contributed by atoms with E-state index in [0.29, 0.717) is 38.4 Å². The average Bonchev–Trinajstić information content (AvgIpc) is 3.47. The molecule has 0 radical (unpaired) electrons. The van der Waals surface area contributed by atoms with Gasteiger partial charge in [0.15, 0.2) is 11.0 Å². The molecule has 0 bridgehead atoms. The zero-order valence-electron chi connectivity index (χ0n) is 19.8. The number of aryl methyl sites for hydroxylation is 1. The molecule has 1 unspecified atom stereocenters. The van der Waals surface area contributed by atoms with Crippen LogP contribution in [0.5, 0.6) is 0 Å². The summed E-state index contributed by atoms with van der Waals surface area (Å²) in [6.07, 6.45) is 0. The molecule has 0 fully saturated rings. The van der Waals surface area contributed by atoms with Crippen molar-refractivity contribution in [2.24, 2.45) is 5.92 Å². The third-order valence-electron chi connectivity index (χ3n) is 5.63. The first-order chi connectivity index (χ1) is 16.7. The van der Waals surface area contributed by atoms with Gasteiger partial charge in [0, 0.05) is 22.0 Å². The highest BCUT2D eigenvalue weighted by Crippen LogP contribution is 2.35. The number of aromatic nitrogens is 4. The SMILES string of the molecule is Cc1ccc(Cl)cc1-n1c(SCc2nc(C(=O)NC(C)C(C)C)cs2)nnc1-c1ccccc1Cl. The number of hydrogen-bond donors (Lipinski definition) is 1. The van der Waals surface area contributed by atoms with Gasteiger partial charge in [0.2, 0.25) is 0 Å². The summed E-state index contributed by atoms with van der Waals surface area (Å²) in [5.74, 6) is 1.36. The maximum atomic E-state index is 12.5. The largest absolute Gasteiger partial charge is 0.348 e. The minimum Gasteiger partial charge on any atom is -0.348 e. The summed E-state index contributed by atoms with van der Waals surface area (Å²) in [5, 5.41) is 16.4. The van der Waals surface area contributed by atoms with Crippen LogP contribution in [0.1, 0.15) is 41.8 Å². The number of benzene rings is 2.